The molecule has 1 aliphatic carbocycles. The minimum Gasteiger partial charge on any atom is -0.351 e. The van der Waals surface area contributed by atoms with Crippen LogP contribution in [-0.2, 0) is 16.1 Å². The van der Waals surface area contributed by atoms with Gasteiger partial charge in [-0.15, -0.1) is 10.2 Å². The van der Waals surface area contributed by atoms with Crippen molar-refractivity contribution in [2.24, 2.45) is 11.8 Å². The first kappa shape index (κ1) is 24.0. The van der Waals surface area contributed by atoms with Crippen LogP contribution in [0, 0.1) is 11.8 Å². The Hall–Kier alpha value is -1.64. The topological polar surface area (TPSA) is 84.0 Å². The van der Waals surface area contributed by atoms with Crippen molar-refractivity contribution in [3.8, 4) is 0 Å². The van der Waals surface area contributed by atoms with Gasteiger partial charge in [0.05, 0.1) is 5.75 Å². The lowest BCUT2D eigenvalue weighted by atomic mass is 9.79. The molecule has 0 bridgehead atoms. The molecule has 9 heteroatoms. The number of amides is 2. The molecule has 0 unspecified atom stereocenters. The summed E-state index contributed by atoms with van der Waals surface area (Å²) in [5, 5.41) is 15.0. The molecular weight excluding hydrogens is 452 g/mol. The van der Waals surface area contributed by atoms with Crippen molar-refractivity contribution in [2.75, 3.05) is 11.1 Å². The quantitative estimate of drug-likeness (QED) is 0.344. The number of carbonyl (C=O) groups is 2. The van der Waals surface area contributed by atoms with Crippen LogP contribution < -0.4 is 10.6 Å². The molecule has 3 rings (SSSR count). The van der Waals surface area contributed by atoms with Crippen LogP contribution in [0.4, 0.5) is 5.13 Å². The molecule has 31 heavy (non-hydrogen) atoms. The molecule has 0 spiro atoms. The Bertz CT molecular complexity index is 869. The molecule has 0 radical (unpaired) electrons. The first-order valence-corrected chi connectivity index (χ1v) is 13.0. The Morgan fingerprint density at radius 2 is 1.97 bits per heavy atom. The second-order valence-corrected chi connectivity index (χ2v) is 10.5. The molecule has 2 aromatic rings. The number of rotatable bonds is 10. The van der Waals surface area contributed by atoms with Crippen LogP contribution in [-0.4, -0.2) is 27.8 Å². The van der Waals surface area contributed by atoms with Gasteiger partial charge in [-0.05, 0) is 43.2 Å². The molecule has 0 atom stereocenters. The van der Waals surface area contributed by atoms with Gasteiger partial charge in [0.25, 0.3) is 0 Å². The number of hydrogen-bond donors (Lipinski definition) is 2. The SMILES string of the molecule is CCCCC1CCC(C(=O)Nc2nnc(SCC(=O)NCc3ccccc3Cl)s2)CC1. The predicted octanol–water partition coefficient (Wildman–Crippen LogP) is 5.54. The van der Waals surface area contributed by atoms with Crippen molar-refractivity contribution in [1.29, 1.82) is 0 Å². The maximum absolute atomic E-state index is 12.6. The van der Waals surface area contributed by atoms with Gasteiger partial charge in [0.1, 0.15) is 0 Å². The van der Waals surface area contributed by atoms with Gasteiger partial charge in [0.15, 0.2) is 4.34 Å². The first-order valence-electron chi connectivity index (χ1n) is 10.8. The summed E-state index contributed by atoms with van der Waals surface area (Å²) in [6.07, 6.45) is 7.98. The molecule has 1 fully saturated rings. The highest BCUT2D eigenvalue weighted by Crippen LogP contribution is 2.33. The molecule has 1 heterocycles. The van der Waals surface area contributed by atoms with E-state index in [1.807, 2.05) is 18.2 Å². The molecule has 1 aliphatic rings. The zero-order valence-corrected chi connectivity index (χ0v) is 20.1. The molecule has 2 N–H and O–H groups in total. The van der Waals surface area contributed by atoms with E-state index in [1.165, 1.54) is 42.4 Å². The number of aromatic nitrogens is 2. The van der Waals surface area contributed by atoms with Crippen molar-refractivity contribution in [1.82, 2.24) is 15.5 Å². The van der Waals surface area contributed by atoms with Crippen LogP contribution in [0.3, 0.4) is 0 Å². The fourth-order valence-corrected chi connectivity index (χ4v) is 5.53. The highest BCUT2D eigenvalue weighted by molar-refractivity contribution is 8.01. The van der Waals surface area contributed by atoms with Crippen LogP contribution in [0.15, 0.2) is 28.6 Å². The van der Waals surface area contributed by atoms with E-state index < -0.39 is 0 Å². The molecule has 0 saturated heterocycles. The average Bonchev–Trinajstić information content (AvgIpc) is 3.23. The molecule has 1 aromatic carbocycles. The van der Waals surface area contributed by atoms with Crippen LogP contribution in [0.2, 0.25) is 5.02 Å². The molecule has 1 aromatic heterocycles. The van der Waals surface area contributed by atoms with Gasteiger partial charge in [-0.3, -0.25) is 9.59 Å². The monoisotopic (exact) mass is 480 g/mol. The summed E-state index contributed by atoms with van der Waals surface area (Å²) in [7, 11) is 0. The van der Waals surface area contributed by atoms with Gasteiger partial charge in [-0.25, -0.2) is 0 Å². The third-order valence-corrected chi connectivity index (χ3v) is 7.92. The van der Waals surface area contributed by atoms with Crippen LogP contribution in [0.1, 0.15) is 57.4 Å². The summed E-state index contributed by atoms with van der Waals surface area (Å²) in [5.41, 5.74) is 0.878. The largest absolute Gasteiger partial charge is 0.351 e. The van der Waals surface area contributed by atoms with Gasteiger partial charge >= 0.3 is 0 Å². The molecule has 0 aliphatic heterocycles. The summed E-state index contributed by atoms with van der Waals surface area (Å²) in [6.45, 7) is 2.61. The van der Waals surface area contributed by atoms with Crippen molar-refractivity contribution in [2.45, 2.75) is 62.8 Å². The summed E-state index contributed by atoms with van der Waals surface area (Å²) >= 11 is 8.71. The number of thioether (sulfide) groups is 1. The fraction of sp³-hybridized carbons (Fsp3) is 0.545. The number of unbranched alkanes of at least 4 members (excludes halogenated alkanes) is 1. The van der Waals surface area contributed by atoms with Gasteiger partial charge in [0.2, 0.25) is 16.9 Å². The third kappa shape index (κ3) is 7.77. The number of benzene rings is 1. The lowest BCUT2D eigenvalue weighted by molar-refractivity contribution is -0.121. The normalized spacial score (nSPS) is 18.5. The second kappa shape index (κ2) is 12.4. The van der Waals surface area contributed by atoms with E-state index in [9.17, 15) is 9.59 Å². The Morgan fingerprint density at radius 3 is 2.71 bits per heavy atom. The van der Waals surface area contributed by atoms with Gasteiger partial charge < -0.3 is 10.6 Å². The van der Waals surface area contributed by atoms with Crippen molar-refractivity contribution < 1.29 is 9.59 Å². The van der Waals surface area contributed by atoms with Crippen molar-refractivity contribution in [3.05, 3.63) is 34.9 Å². The smallest absolute Gasteiger partial charge is 0.230 e. The molecular formula is C22H29ClN4O2S2. The predicted molar refractivity (Wildman–Crippen MR) is 128 cm³/mol. The summed E-state index contributed by atoms with van der Waals surface area (Å²) in [5.74, 6) is 1.00. The van der Waals surface area contributed by atoms with Gasteiger partial charge in [-0.2, -0.15) is 0 Å². The van der Waals surface area contributed by atoms with E-state index in [0.29, 0.717) is 21.0 Å². The number of halogens is 1. The zero-order chi connectivity index (χ0) is 22.1. The van der Waals surface area contributed by atoms with Gasteiger partial charge in [-0.1, -0.05) is 79.1 Å². The molecule has 2 amide bonds. The number of nitrogens with one attached hydrogen (secondary N) is 2. The lowest BCUT2D eigenvalue weighted by Crippen LogP contribution is -2.27. The fourth-order valence-electron chi connectivity index (χ4n) is 3.75. The van der Waals surface area contributed by atoms with E-state index in [2.05, 4.69) is 27.8 Å². The first-order chi connectivity index (χ1) is 15.0. The Balaban J connectivity index is 1.37. The van der Waals surface area contributed by atoms with Crippen molar-refractivity contribution >= 4 is 51.6 Å². The Labute approximate surface area is 196 Å². The molecule has 6 nitrogen and oxygen atoms in total. The standard InChI is InChI=1S/C22H29ClN4O2S2/c1-2-3-6-15-9-11-16(12-10-15)20(29)25-21-26-27-22(31-21)30-14-19(28)24-13-17-7-4-5-8-18(17)23/h4-5,7-8,15-16H,2-3,6,9-14H2,1H3,(H,24,28)(H,25,26,29). The molecule has 168 valence electrons. The maximum Gasteiger partial charge on any atom is 0.230 e. The van der Waals surface area contributed by atoms with E-state index in [1.54, 1.807) is 6.07 Å². The van der Waals surface area contributed by atoms with Crippen LogP contribution in [0.25, 0.3) is 0 Å². The van der Waals surface area contributed by atoms with Crippen LogP contribution in [0.5, 0.6) is 0 Å². The second-order valence-electron chi connectivity index (χ2n) is 7.88. The number of anilines is 1. The van der Waals surface area contributed by atoms with Gasteiger partial charge in [0, 0.05) is 17.5 Å². The third-order valence-electron chi connectivity index (χ3n) is 5.58. The lowest BCUT2D eigenvalue weighted by Gasteiger charge is -2.27. The Morgan fingerprint density at radius 1 is 1.19 bits per heavy atom. The molecule has 1 saturated carbocycles. The average molecular weight is 481 g/mol. The minimum absolute atomic E-state index is 0.0409. The van der Waals surface area contributed by atoms with Crippen LogP contribution >= 0.6 is 34.7 Å². The van der Waals surface area contributed by atoms with E-state index in [0.717, 1.165) is 37.2 Å². The minimum atomic E-state index is -0.106. The van der Waals surface area contributed by atoms with E-state index in [4.69, 9.17) is 11.6 Å². The summed E-state index contributed by atoms with van der Waals surface area (Å²) in [6, 6.07) is 7.42. The number of hydrogen-bond acceptors (Lipinski definition) is 6. The van der Waals surface area contributed by atoms with E-state index in [-0.39, 0.29) is 23.5 Å². The summed E-state index contributed by atoms with van der Waals surface area (Å²) < 4.78 is 0.659. The summed E-state index contributed by atoms with van der Waals surface area (Å²) in [4.78, 5) is 24.7. The van der Waals surface area contributed by atoms with Crippen molar-refractivity contribution in [3.63, 3.8) is 0 Å². The zero-order valence-electron chi connectivity index (χ0n) is 17.7. The highest BCUT2D eigenvalue weighted by atomic mass is 35.5. The van der Waals surface area contributed by atoms with E-state index >= 15 is 0 Å². The number of nitrogens with zero attached hydrogens (tertiary/aromatic N) is 2. The highest BCUT2D eigenvalue weighted by Gasteiger charge is 2.26. The Kier molecular flexibility index (Phi) is 9.61. The number of carbonyl (C=O) groups excluding carboxylic acids is 2. The maximum atomic E-state index is 12.6.